The second-order valence-electron chi connectivity index (χ2n) is 3.78. The van der Waals surface area contributed by atoms with Crippen molar-refractivity contribution < 1.29 is 8.42 Å². The van der Waals surface area contributed by atoms with Crippen LogP contribution in [-0.4, -0.2) is 39.3 Å². The van der Waals surface area contributed by atoms with Crippen LogP contribution in [0.1, 0.15) is 12.0 Å². The number of nitrogens with one attached hydrogen (secondary N) is 2. The molecule has 0 saturated carbocycles. The quantitative estimate of drug-likeness (QED) is 0.651. The summed E-state index contributed by atoms with van der Waals surface area (Å²) in [6.45, 7) is 1.30. The highest BCUT2D eigenvalue weighted by Gasteiger charge is 2.09. The molecule has 0 amide bonds. The minimum Gasteiger partial charge on any atom is -0.320 e. The molecule has 0 aromatic carbocycles. The number of hydrogen-bond donors (Lipinski definition) is 2. The molecule has 0 unspecified atom stereocenters. The van der Waals surface area contributed by atoms with Crippen LogP contribution in [0.15, 0.2) is 24.5 Å². The van der Waals surface area contributed by atoms with E-state index in [1.165, 1.54) is 0 Å². The predicted molar refractivity (Wildman–Crippen MR) is 68.3 cm³/mol. The van der Waals surface area contributed by atoms with Crippen molar-refractivity contribution in [2.45, 2.75) is 12.8 Å². The zero-order valence-electron chi connectivity index (χ0n) is 10.0. The van der Waals surface area contributed by atoms with Crippen molar-refractivity contribution in [3.05, 3.63) is 30.1 Å². The smallest absolute Gasteiger partial charge is 0.211 e. The van der Waals surface area contributed by atoms with Crippen LogP contribution in [0.5, 0.6) is 0 Å². The van der Waals surface area contributed by atoms with Crippen molar-refractivity contribution in [1.82, 2.24) is 15.0 Å². The lowest BCUT2D eigenvalue weighted by molar-refractivity contribution is 0.576. The van der Waals surface area contributed by atoms with Gasteiger partial charge >= 0.3 is 0 Å². The van der Waals surface area contributed by atoms with Gasteiger partial charge in [-0.05, 0) is 44.1 Å². The van der Waals surface area contributed by atoms with Crippen LogP contribution >= 0.6 is 0 Å². The van der Waals surface area contributed by atoms with E-state index in [0.29, 0.717) is 13.0 Å². The van der Waals surface area contributed by atoms with Gasteiger partial charge in [-0.1, -0.05) is 0 Å². The van der Waals surface area contributed by atoms with E-state index in [1.54, 1.807) is 12.4 Å². The molecular formula is C11H19N3O2S. The van der Waals surface area contributed by atoms with E-state index in [1.807, 2.05) is 19.2 Å². The van der Waals surface area contributed by atoms with Gasteiger partial charge in [-0.3, -0.25) is 4.98 Å². The highest BCUT2D eigenvalue weighted by molar-refractivity contribution is 7.89. The number of aryl methyl sites for hydroxylation is 1. The number of rotatable bonds is 8. The first kappa shape index (κ1) is 14.1. The van der Waals surface area contributed by atoms with Crippen LogP contribution in [0.25, 0.3) is 0 Å². The molecule has 1 heterocycles. The third-order valence-electron chi connectivity index (χ3n) is 2.33. The monoisotopic (exact) mass is 257 g/mol. The molecule has 5 nitrogen and oxygen atoms in total. The Balaban J connectivity index is 2.30. The topological polar surface area (TPSA) is 71.1 Å². The fraction of sp³-hybridized carbons (Fsp3) is 0.545. The van der Waals surface area contributed by atoms with Gasteiger partial charge in [-0.25, -0.2) is 13.1 Å². The fourth-order valence-electron chi connectivity index (χ4n) is 1.37. The van der Waals surface area contributed by atoms with Crippen LogP contribution in [0, 0.1) is 0 Å². The van der Waals surface area contributed by atoms with Crippen molar-refractivity contribution in [2.75, 3.05) is 25.9 Å². The summed E-state index contributed by atoms with van der Waals surface area (Å²) in [4.78, 5) is 3.89. The van der Waals surface area contributed by atoms with Gasteiger partial charge in [0.1, 0.15) is 0 Å². The van der Waals surface area contributed by atoms with Crippen molar-refractivity contribution >= 4 is 10.0 Å². The summed E-state index contributed by atoms with van der Waals surface area (Å²) in [5, 5.41) is 2.97. The van der Waals surface area contributed by atoms with Crippen molar-refractivity contribution in [3.63, 3.8) is 0 Å². The molecule has 0 spiro atoms. The second-order valence-corrected chi connectivity index (χ2v) is 5.70. The van der Waals surface area contributed by atoms with Gasteiger partial charge in [0.2, 0.25) is 10.0 Å². The van der Waals surface area contributed by atoms with Crippen LogP contribution in [-0.2, 0) is 16.4 Å². The number of nitrogens with zero attached hydrogens (tertiary/aromatic N) is 1. The molecule has 1 aromatic rings. The van der Waals surface area contributed by atoms with E-state index in [0.717, 1.165) is 18.5 Å². The molecule has 96 valence electrons. The lowest BCUT2D eigenvalue weighted by Gasteiger charge is -2.06. The van der Waals surface area contributed by atoms with Crippen molar-refractivity contribution in [3.8, 4) is 0 Å². The predicted octanol–water partition coefficient (Wildman–Crippen LogP) is 0.153. The Morgan fingerprint density at radius 3 is 2.59 bits per heavy atom. The number of pyridine rings is 1. The van der Waals surface area contributed by atoms with Gasteiger partial charge in [0.05, 0.1) is 5.75 Å². The van der Waals surface area contributed by atoms with Gasteiger partial charge in [0, 0.05) is 18.9 Å². The molecule has 0 fully saturated rings. The standard InChI is InChI=1S/C11H19N3O2S/c1-12-6-2-7-14-17(15,16)10-5-11-3-8-13-9-4-11/h3-4,8-9,12,14H,2,5-7,10H2,1H3. The van der Waals surface area contributed by atoms with Gasteiger partial charge < -0.3 is 5.32 Å². The van der Waals surface area contributed by atoms with Gasteiger partial charge in [0.25, 0.3) is 0 Å². The lowest BCUT2D eigenvalue weighted by atomic mass is 10.2. The fourth-order valence-corrected chi connectivity index (χ4v) is 2.47. The molecule has 1 aromatic heterocycles. The lowest BCUT2D eigenvalue weighted by Crippen LogP contribution is -2.29. The molecule has 0 aliphatic carbocycles. The third-order valence-corrected chi connectivity index (χ3v) is 3.72. The molecule has 1 rings (SSSR count). The maximum Gasteiger partial charge on any atom is 0.211 e. The van der Waals surface area contributed by atoms with Crippen LogP contribution in [0.2, 0.25) is 0 Å². The largest absolute Gasteiger partial charge is 0.320 e. The molecule has 0 aliphatic heterocycles. The summed E-state index contributed by atoms with van der Waals surface area (Å²) in [6.07, 6.45) is 4.65. The molecular weight excluding hydrogens is 238 g/mol. The SMILES string of the molecule is CNCCCNS(=O)(=O)CCc1ccncc1. The molecule has 0 atom stereocenters. The van der Waals surface area contributed by atoms with Crippen molar-refractivity contribution in [1.29, 1.82) is 0 Å². The summed E-state index contributed by atoms with van der Waals surface area (Å²) >= 11 is 0. The Morgan fingerprint density at radius 2 is 1.94 bits per heavy atom. The number of aromatic nitrogens is 1. The van der Waals surface area contributed by atoms with E-state index in [2.05, 4.69) is 15.0 Å². The minimum absolute atomic E-state index is 0.122. The summed E-state index contributed by atoms with van der Waals surface area (Å²) in [7, 11) is -1.31. The Labute approximate surface area is 103 Å². The molecule has 17 heavy (non-hydrogen) atoms. The summed E-state index contributed by atoms with van der Waals surface area (Å²) in [6, 6.07) is 3.66. The number of hydrogen-bond acceptors (Lipinski definition) is 4. The van der Waals surface area contributed by atoms with Crippen LogP contribution < -0.4 is 10.0 Å². The summed E-state index contributed by atoms with van der Waals surface area (Å²) in [5.41, 5.74) is 0.987. The Kier molecular flexibility index (Phi) is 6.10. The van der Waals surface area contributed by atoms with Gasteiger partial charge in [0.15, 0.2) is 0 Å². The third kappa shape index (κ3) is 6.35. The summed E-state index contributed by atoms with van der Waals surface area (Å²) in [5.74, 6) is 0.122. The number of sulfonamides is 1. The molecule has 0 aliphatic rings. The highest BCUT2D eigenvalue weighted by Crippen LogP contribution is 1.99. The Hall–Kier alpha value is -0.980. The van der Waals surface area contributed by atoms with E-state index in [4.69, 9.17) is 0 Å². The second kappa shape index (κ2) is 7.37. The van der Waals surface area contributed by atoms with Crippen LogP contribution in [0.3, 0.4) is 0 Å². The first-order valence-electron chi connectivity index (χ1n) is 5.65. The molecule has 2 N–H and O–H groups in total. The van der Waals surface area contributed by atoms with E-state index in [-0.39, 0.29) is 5.75 Å². The maximum atomic E-state index is 11.6. The van der Waals surface area contributed by atoms with Gasteiger partial charge in [-0.15, -0.1) is 0 Å². The molecule has 0 radical (unpaired) electrons. The van der Waals surface area contributed by atoms with E-state index < -0.39 is 10.0 Å². The normalized spacial score (nSPS) is 11.6. The first-order valence-corrected chi connectivity index (χ1v) is 7.30. The zero-order chi connectivity index (χ0) is 12.6. The Morgan fingerprint density at radius 1 is 1.24 bits per heavy atom. The zero-order valence-corrected chi connectivity index (χ0v) is 10.8. The van der Waals surface area contributed by atoms with Crippen molar-refractivity contribution in [2.24, 2.45) is 0 Å². The summed E-state index contributed by atoms with van der Waals surface area (Å²) < 4.78 is 25.8. The van der Waals surface area contributed by atoms with E-state index in [9.17, 15) is 8.42 Å². The average molecular weight is 257 g/mol. The molecule has 0 bridgehead atoms. The maximum absolute atomic E-state index is 11.6. The molecule has 6 heteroatoms. The Bertz CT molecular complexity index is 406. The van der Waals surface area contributed by atoms with Crippen LogP contribution in [0.4, 0.5) is 0 Å². The molecule has 0 saturated heterocycles. The average Bonchev–Trinajstić information content (AvgIpc) is 2.34. The van der Waals surface area contributed by atoms with Gasteiger partial charge in [-0.2, -0.15) is 0 Å². The minimum atomic E-state index is -3.16. The highest BCUT2D eigenvalue weighted by atomic mass is 32.2. The van der Waals surface area contributed by atoms with E-state index >= 15 is 0 Å². The first-order chi connectivity index (χ1) is 8.14.